The van der Waals surface area contributed by atoms with Crippen molar-refractivity contribution >= 4 is 17.7 Å². The van der Waals surface area contributed by atoms with Crippen LogP contribution in [0, 0.1) is 17.8 Å². The molecule has 1 N–H and O–H groups in total. The van der Waals surface area contributed by atoms with E-state index in [0.717, 1.165) is 22.3 Å². The van der Waals surface area contributed by atoms with Crippen molar-refractivity contribution in [2.75, 3.05) is 0 Å². The van der Waals surface area contributed by atoms with Crippen LogP contribution in [0.3, 0.4) is 0 Å². The molecule has 2 nitrogen and oxygen atoms in total. The Morgan fingerprint density at radius 1 is 1.00 bits per heavy atom. The molecular formula is C23H27NOS. The van der Waals surface area contributed by atoms with E-state index in [1.807, 2.05) is 36.4 Å². The van der Waals surface area contributed by atoms with Gasteiger partial charge in [-0.3, -0.25) is 4.79 Å². The van der Waals surface area contributed by atoms with Gasteiger partial charge in [-0.2, -0.15) is 0 Å². The molecular weight excluding hydrogens is 338 g/mol. The molecule has 0 aliphatic heterocycles. The number of fused-ring (bicyclic) bond motifs is 2. The van der Waals surface area contributed by atoms with Crippen LogP contribution in [0.2, 0.25) is 0 Å². The second kappa shape index (κ2) is 7.87. The summed E-state index contributed by atoms with van der Waals surface area (Å²) in [4.78, 5) is 14.3. The van der Waals surface area contributed by atoms with Crippen LogP contribution in [-0.2, 0) is 4.79 Å². The maximum Gasteiger partial charge on any atom is 0.238 e. The fourth-order valence-corrected chi connectivity index (χ4v) is 5.90. The van der Waals surface area contributed by atoms with Crippen molar-refractivity contribution in [2.24, 2.45) is 17.8 Å². The Morgan fingerprint density at radius 3 is 2.31 bits per heavy atom. The number of carbonyl (C=O) groups excluding carboxylic acids is 1. The lowest BCUT2D eigenvalue weighted by Crippen LogP contribution is -2.41. The summed E-state index contributed by atoms with van der Waals surface area (Å²) in [5, 5.41) is 3.16. The molecule has 2 aromatic carbocycles. The van der Waals surface area contributed by atoms with Crippen LogP contribution in [0.4, 0.5) is 0 Å². The first-order chi connectivity index (χ1) is 12.7. The molecule has 0 heterocycles. The average molecular weight is 366 g/mol. The van der Waals surface area contributed by atoms with Gasteiger partial charge in [-0.25, -0.2) is 0 Å². The lowest BCUT2D eigenvalue weighted by atomic mass is 9.84. The molecule has 0 radical (unpaired) electrons. The minimum Gasteiger partial charge on any atom is -0.352 e. The van der Waals surface area contributed by atoms with Crippen molar-refractivity contribution < 1.29 is 4.79 Å². The summed E-state index contributed by atoms with van der Waals surface area (Å²) in [6.07, 6.45) is 5.44. The van der Waals surface area contributed by atoms with Crippen LogP contribution >= 0.6 is 11.8 Å². The highest BCUT2D eigenvalue weighted by Gasteiger charge is 2.42. The molecule has 0 unspecified atom stereocenters. The van der Waals surface area contributed by atoms with Crippen LogP contribution in [0.15, 0.2) is 65.6 Å². The Bertz CT molecular complexity index is 732. The zero-order valence-corrected chi connectivity index (χ0v) is 16.1. The number of hydrogen-bond donors (Lipinski definition) is 1. The quantitative estimate of drug-likeness (QED) is 0.689. The summed E-state index contributed by atoms with van der Waals surface area (Å²) in [6, 6.07) is 20.6. The van der Waals surface area contributed by atoms with Crippen molar-refractivity contribution in [1.29, 1.82) is 0 Å². The first-order valence-corrected chi connectivity index (χ1v) is 10.7. The lowest BCUT2D eigenvalue weighted by molar-refractivity contribution is -0.121. The minimum atomic E-state index is -0.209. The summed E-state index contributed by atoms with van der Waals surface area (Å²) in [7, 11) is 0. The molecule has 2 saturated carbocycles. The van der Waals surface area contributed by atoms with E-state index in [-0.39, 0.29) is 17.2 Å². The van der Waals surface area contributed by atoms with Gasteiger partial charge in [-0.05, 0) is 61.6 Å². The van der Waals surface area contributed by atoms with Gasteiger partial charge in [0.2, 0.25) is 5.91 Å². The standard InChI is InChI=1S/C23H27NOS/c1-16(21-15-17-12-13-19(21)14-17)24-23(25)22(18-8-4-2-5-9-18)26-20-10-6-3-7-11-20/h2-11,16-17,19,21-22H,12-15H2,1H3,(H,24,25)/t16-,17-,19-,21-,22-/m1/s1. The van der Waals surface area contributed by atoms with Gasteiger partial charge in [0.25, 0.3) is 0 Å². The fraction of sp³-hybridized carbons (Fsp3) is 0.435. The normalized spacial score (nSPS) is 26.4. The summed E-state index contributed by atoms with van der Waals surface area (Å²) >= 11 is 1.64. The van der Waals surface area contributed by atoms with Crippen molar-refractivity contribution in [3.8, 4) is 0 Å². The molecule has 4 rings (SSSR count). The Hall–Kier alpha value is -1.74. The van der Waals surface area contributed by atoms with E-state index in [4.69, 9.17) is 0 Å². The molecule has 3 heteroatoms. The van der Waals surface area contributed by atoms with Gasteiger partial charge in [0.15, 0.2) is 0 Å². The topological polar surface area (TPSA) is 29.1 Å². The second-order valence-electron chi connectivity index (χ2n) is 7.86. The van der Waals surface area contributed by atoms with E-state index in [1.165, 1.54) is 25.7 Å². The predicted molar refractivity (Wildman–Crippen MR) is 108 cm³/mol. The van der Waals surface area contributed by atoms with Crippen LogP contribution in [0.25, 0.3) is 0 Å². The summed E-state index contributed by atoms with van der Waals surface area (Å²) in [5.41, 5.74) is 1.07. The SMILES string of the molecule is C[C@@H](NC(=O)[C@H](Sc1ccccc1)c1ccccc1)[C@H]1C[C@@H]2CC[C@@H]1C2. The Kier molecular flexibility index (Phi) is 5.35. The molecule has 2 fully saturated rings. The maximum atomic E-state index is 13.2. The van der Waals surface area contributed by atoms with E-state index in [1.54, 1.807) is 11.8 Å². The van der Waals surface area contributed by atoms with Crippen molar-refractivity contribution in [2.45, 2.75) is 48.8 Å². The smallest absolute Gasteiger partial charge is 0.238 e. The van der Waals surface area contributed by atoms with Gasteiger partial charge < -0.3 is 5.32 Å². The molecule has 2 aromatic rings. The number of rotatable bonds is 6. The number of nitrogens with one attached hydrogen (secondary N) is 1. The number of thioether (sulfide) groups is 1. The van der Waals surface area contributed by atoms with Crippen molar-refractivity contribution in [3.05, 3.63) is 66.2 Å². The van der Waals surface area contributed by atoms with Crippen LogP contribution < -0.4 is 5.32 Å². The first-order valence-electron chi connectivity index (χ1n) is 9.77. The number of benzene rings is 2. The molecule has 2 aliphatic carbocycles. The van der Waals surface area contributed by atoms with Gasteiger partial charge in [0.1, 0.15) is 5.25 Å². The predicted octanol–water partition coefficient (Wildman–Crippen LogP) is 5.46. The fourth-order valence-electron chi connectivity index (χ4n) is 4.85. The lowest BCUT2D eigenvalue weighted by Gasteiger charge is -2.30. The van der Waals surface area contributed by atoms with Crippen LogP contribution in [-0.4, -0.2) is 11.9 Å². The maximum absolute atomic E-state index is 13.2. The third-order valence-electron chi connectivity index (χ3n) is 6.14. The zero-order chi connectivity index (χ0) is 17.9. The minimum absolute atomic E-state index is 0.139. The largest absolute Gasteiger partial charge is 0.352 e. The van der Waals surface area contributed by atoms with E-state index in [9.17, 15) is 4.79 Å². The van der Waals surface area contributed by atoms with Crippen LogP contribution in [0.1, 0.15) is 43.4 Å². The Morgan fingerprint density at radius 2 is 1.69 bits per heavy atom. The van der Waals surface area contributed by atoms with E-state index < -0.39 is 0 Å². The molecule has 2 bridgehead atoms. The van der Waals surface area contributed by atoms with Crippen LogP contribution in [0.5, 0.6) is 0 Å². The number of amides is 1. The third-order valence-corrected chi connectivity index (χ3v) is 7.41. The second-order valence-corrected chi connectivity index (χ2v) is 9.04. The number of hydrogen-bond acceptors (Lipinski definition) is 2. The summed E-state index contributed by atoms with van der Waals surface area (Å²) in [5.74, 6) is 2.54. The van der Waals surface area contributed by atoms with Gasteiger partial charge in [-0.15, -0.1) is 11.8 Å². The first kappa shape index (κ1) is 17.7. The van der Waals surface area contributed by atoms with Gasteiger partial charge in [0, 0.05) is 10.9 Å². The Labute approximate surface area is 160 Å². The monoisotopic (exact) mass is 365 g/mol. The van der Waals surface area contributed by atoms with Crippen molar-refractivity contribution in [3.63, 3.8) is 0 Å². The molecule has 26 heavy (non-hydrogen) atoms. The van der Waals surface area contributed by atoms with E-state index >= 15 is 0 Å². The molecule has 136 valence electrons. The highest BCUT2D eigenvalue weighted by Crippen LogP contribution is 2.49. The van der Waals surface area contributed by atoms with Gasteiger partial charge in [-0.1, -0.05) is 55.0 Å². The molecule has 5 atom stereocenters. The highest BCUT2D eigenvalue weighted by molar-refractivity contribution is 8.00. The molecule has 0 saturated heterocycles. The third kappa shape index (κ3) is 3.83. The van der Waals surface area contributed by atoms with E-state index in [0.29, 0.717) is 5.92 Å². The van der Waals surface area contributed by atoms with Gasteiger partial charge >= 0.3 is 0 Å². The highest BCUT2D eigenvalue weighted by atomic mass is 32.2. The van der Waals surface area contributed by atoms with Gasteiger partial charge in [0.05, 0.1) is 0 Å². The molecule has 0 aromatic heterocycles. The number of carbonyl (C=O) groups is 1. The van der Waals surface area contributed by atoms with Crippen molar-refractivity contribution in [1.82, 2.24) is 5.32 Å². The molecule has 2 aliphatic rings. The Balaban J connectivity index is 1.48. The molecule has 0 spiro atoms. The molecule has 1 amide bonds. The summed E-state index contributed by atoms with van der Waals surface area (Å²) < 4.78 is 0. The van der Waals surface area contributed by atoms with E-state index in [2.05, 4.69) is 36.5 Å². The summed E-state index contributed by atoms with van der Waals surface area (Å²) in [6.45, 7) is 2.21. The zero-order valence-electron chi connectivity index (χ0n) is 15.3. The average Bonchev–Trinajstić information content (AvgIpc) is 3.31.